The number of carbonyl (C=O) groups is 2. The monoisotopic (exact) mass is 569 g/mol. The second-order valence-corrected chi connectivity index (χ2v) is 12.5. The average molecular weight is 570 g/mol. The summed E-state index contributed by atoms with van der Waals surface area (Å²) in [4.78, 5) is 28.4. The van der Waals surface area contributed by atoms with Gasteiger partial charge in [-0.05, 0) is 88.7 Å². The number of sulfonamides is 1. The van der Waals surface area contributed by atoms with E-state index in [1.54, 1.807) is 43.3 Å². The van der Waals surface area contributed by atoms with Crippen LogP contribution >= 0.6 is 0 Å². The first-order valence-electron chi connectivity index (χ1n) is 12.8. The molecule has 3 rings (SSSR count). The van der Waals surface area contributed by atoms with E-state index in [0.29, 0.717) is 11.3 Å². The van der Waals surface area contributed by atoms with Gasteiger partial charge in [-0.15, -0.1) is 0 Å². The summed E-state index contributed by atoms with van der Waals surface area (Å²) in [6, 6.07) is 17.2. The third-order valence-electron chi connectivity index (χ3n) is 6.16. The van der Waals surface area contributed by atoms with Crippen molar-refractivity contribution in [3.05, 3.63) is 89.7 Å². The standard InChI is InChI=1S/C30H36FN3O5S/c1-21-10-16-27(17-11-21)40(37,38)34(25-14-12-24(31)13-15-25)20-28(35)33(22(2)29(36)32-30(3,4)5)19-23-8-7-9-26(18-23)39-6/h7-18,22H,19-20H2,1-6H3,(H,32,36)/t22-/m1/s1. The largest absolute Gasteiger partial charge is 0.497 e. The van der Waals surface area contributed by atoms with Crippen molar-refractivity contribution in [3.63, 3.8) is 0 Å². The van der Waals surface area contributed by atoms with Gasteiger partial charge in [0, 0.05) is 12.1 Å². The molecule has 0 aliphatic heterocycles. The zero-order valence-corrected chi connectivity index (χ0v) is 24.5. The molecular weight excluding hydrogens is 533 g/mol. The van der Waals surface area contributed by atoms with E-state index in [-0.39, 0.29) is 17.1 Å². The Morgan fingerprint density at radius 1 is 1.00 bits per heavy atom. The van der Waals surface area contributed by atoms with Gasteiger partial charge in [-0.2, -0.15) is 0 Å². The molecule has 0 aliphatic carbocycles. The number of benzene rings is 3. The SMILES string of the molecule is COc1cccc(CN(C(=O)CN(c2ccc(F)cc2)S(=O)(=O)c2ccc(C)cc2)[C@H](C)C(=O)NC(C)(C)C)c1. The predicted octanol–water partition coefficient (Wildman–Crippen LogP) is 4.67. The molecule has 0 spiro atoms. The van der Waals surface area contributed by atoms with Crippen molar-refractivity contribution in [1.29, 1.82) is 0 Å². The van der Waals surface area contributed by atoms with Crippen LogP contribution < -0.4 is 14.4 Å². The lowest BCUT2D eigenvalue weighted by Crippen LogP contribution is -2.54. The number of rotatable bonds is 10. The lowest BCUT2D eigenvalue weighted by Gasteiger charge is -2.33. The summed E-state index contributed by atoms with van der Waals surface area (Å²) in [7, 11) is -2.70. The summed E-state index contributed by atoms with van der Waals surface area (Å²) < 4.78 is 47.6. The van der Waals surface area contributed by atoms with E-state index >= 15 is 0 Å². The second-order valence-electron chi connectivity index (χ2n) is 10.6. The summed E-state index contributed by atoms with van der Waals surface area (Å²) >= 11 is 0. The molecule has 0 aromatic heterocycles. The fourth-order valence-corrected chi connectivity index (χ4v) is 5.41. The van der Waals surface area contributed by atoms with Gasteiger partial charge in [-0.25, -0.2) is 12.8 Å². The number of anilines is 1. The van der Waals surface area contributed by atoms with E-state index < -0.39 is 45.8 Å². The zero-order valence-electron chi connectivity index (χ0n) is 23.6. The van der Waals surface area contributed by atoms with Crippen LogP contribution in [0.25, 0.3) is 0 Å². The third-order valence-corrected chi connectivity index (χ3v) is 7.94. The average Bonchev–Trinajstić information content (AvgIpc) is 2.89. The molecule has 8 nitrogen and oxygen atoms in total. The van der Waals surface area contributed by atoms with Gasteiger partial charge < -0.3 is 15.0 Å². The summed E-state index contributed by atoms with van der Waals surface area (Å²) in [6.45, 7) is 8.33. The van der Waals surface area contributed by atoms with Gasteiger partial charge >= 0.3 is 0 Å². The number of hydrogen-bond acceptors (Lipinski definition) is 5. The van der Waals surface area contributed by atoms with Crippen LogP contribution in [0.4, 0.5) is 10.1 Å². The fraction of sp³-hybridized carbons (Fsp3) is 0.333. The van der Waals surface area contributed by atoms with Crippen molar-refractivity contribution in [3.8, 4) is 5.75 Å². The number of halogens is 1. The molecule has 1 atom stereocenters. The minimum atomic E-state index is -4.23. The Kier molecular flexibility index (Phi) is 9.57. The maximum atomic E-state index is 13.9. The van der Waals surface area contributed by atoms with Crippen LogP contribution in [0.3, 0.4) is 0 Å². The molecule has 214 valence electrons. The first-order valence-corrected chi connectivity index (χ1v) is 14.2. The summed E-state index contributed by atoms with van der Waals surface area (Å²) in [5.41, 5.74) is 1.12. The molecule has 0 unspecified atom stereocenters. The molecule has 3 aromatic rings. The van der Waals surface area contributed by atoms with Crippen LogP contribution in [0.1, 0.15) is 38.8 Å². The highest BCUT2D eigenvalue weighted by atomic mass is 32.2. The van der Waals surface area contributed by atoms with Gasteiger partial charge in [0.05, 0.1) is 17.7 Å². The van der Waals surface area contributed by atoms with Crippen molar-refractivity contribution in [2.45, 2.75) is 57.6 Å². The highest BCUT2D eigenvalue weighted by molar-refractivity contribution is 7.92. The molecule has 0 saturated heterocycles. The van der Waals surface area contributed by atoms with Gasteiger partial charge in [-0.1, -0.05) is 29.8 Å². The number of nitrogens with zero attached hydrogens (tertiary/aromatic N) is 2. The molecule has 0 fully saturated rings. The smallest absolute Gasteiger partial charge is 0.264 e. The lowest BCUT2D eigenvalue weighted by molar-refractivity contribution is -0.140. The van der Waals surface area contributed by atoms with Crippen molar-refractivity contribution in [1.82, 2.24) is 10.2 Å². The van der Waals surface area contributed by atoms with Crippen molar-refractivity contribution < 1.29 is 27.1 Å². The number of aryl methyl sites for hydroxylation is 1. The summed E-state index contributed by atoms with van der Waals surface area (Å²) in [5.74, 6) is -0.973. The predicted molar refractivity (Wildman–Crippen MR) is 153 cm³/mol. The first-order chi connectivity index (χ1) is 18.7. The van der Waals surface area contributed by atoms with E-state index in [2.05, 4.69) is 5.32 Å². The normalized spacial score (nSPS) is 12.4. The Bertz CT molecular complexity index is 1440. The minimum Gasteiger partial charge on any atom is -0.497 e. The highest BCUT2D eigenvalue weighted by Gasteiger charge is 2.33. The van der Waals surface area contributed by atoms with E-state index in [4.69, 9.17) is 4.74 Å². The van der Waals surface area contributed by atoms with Gasteiger partial charge in [0.1, 0.15) is 24.2 Å². The molecule has 0 heterocycles. The summed E-state index contributed by atoms with van der Waals surface area (Å²) in [5, 5.41) is 2.88. The van der Waals surface area contributed by atoms with Crippen molar-refractivity contribution in [2.24, 2.45) is 0 Å². The summed E-state index contributed by atoms with van der Waals surface area (Å²) in [6.07, 6.45) is 0. The van der Waals surface area contributed by atoms with Crippen LogP contribution in [0.2, 0.25) is 0 Å². The zero-order chi connectivity index (χ0) is 29.7. The Balaban J connectivity index is 2.04. The maximum Gasteiger partial charge on any atom is 0.264 e. The van der Waals surface area contributed by atoms with Crippen LogP contribution in [-0.2, 0) is 26.2 Å². The van der Waals surface area contributed by atoms with E-state index in [0.717, 1.165) is 22.0 Å². The molecular formula is C30H36FN3O5S. The second kappa shape index (κ2) is 12.5. The molecule has 2 amide bonds. The molecule has 0 aliphatic rings. The minimum absolute atomic E-state index is 0.0203. The van der Waals surface area contributed by atoms with Crippen LogP contribution in [0, 0.1) is 12.7 Å². The quantitative estimate of drug-likeness (QED) is 0.383. The van der Waals surface area contributed by atoms with Crippen LogP contribution in [0.15, 0.2) is 77.7 Å². The maximum absolute atomic E-state index is 13.9. The van der Waals surface area contributed by atoms with Gasteiger partial charge in [-0.3, -0.25) is 13.9 Å². The molecule has 40 heavy (non-hydrogen) atoms. The van der Waals surface area contributed by atoms with E-state index in [1.165, 1.54) is 36.3 Å². The highest BCUT2D eigenvalue weighted by Crippen LogP contribution is 2.25. The number of methoxy groups -OCH3 is 1. The molecule has 0 bridgehead atoms. The number of carbonyl (C=O) groups excluding carboxylic acids is 2. The van der Waals surface area contributed by atoms with Gasteiger partial charge in [0.2, 0.25) is 11.8 Å². The van der Waals surface area contributed by atoms with Crippen molar-refractivity contribution >= 4 is 27.5 Å². The Hall–Kier alpha value is -3.92. The number of hydrogen-bond donors (Lipinski definition) is 1. The molecule has 0 radical (unpaired) electrons. The lowest BCUT2D eigenvalue weighted by atomic mass is 10.1. The van der Waals surface area contributed by atoms with Gasteiger partial charge in [0.15, 0.2) is 0 Å². The number of amides is 2. The van der Waals surface area contributed by atoms with Crippen LogP contribution in [-0.4, -0.2) is 50.4 Å². The fourth-order valence-electron chi connectivity index (χ4n) is 4.00. The molecule has 0 saturated carbocycles. The molecule has 10 heteroatoms. The Labute approximate surface area is 235 Å². The van der Waals surface area contributed by atoms with E-state index in [1.807, 2.05) is 27.7 Å². The number of ether oxygens (including phenoxy) is 1. The third kappa shape index (κ3) is 7.81. The number of nitrogens with one attached hydrogen (secondary N) is 1. The topological polar surface area (TPSA) is 96.0 Å². The Morgan fingerprint density at radius 3 is 2.20 bits per heavy atom. The van der Waals surface area contributed by atoms with Crippen molar-refractivity contribution in [2.75, 3.05) is 18.0 Å². The van der Waals surface area contributed by atoms with Gasteiger partial charge in [0.25, 0.3) is 10.0 Å². The van der Waals surface area contributed by atoms with Crippen LogP contribution in [0.5, 0.6) is 5.75 Å². The van der Waals surface area contributed by atoms with E-state index in [9.17, 15) is 22.4 Å². The Morgan fingerprint density at radius 2 is 1.62 bits per heavy atom. The molecule has 1 N–H and O–H groups in total. The first kappa shape index (κ1) is 30.6. The molecule has 3 aromatic carbocycles.